The van der Waals surface area contributed by atoms with Crippen LogP contribution in [0.1, 0.15) is 43.7 Å². The standard InChI is InChI=1S/C22H26BrN2O2.BrH/c1-2-27-20-12-6-17(7-13-20)21-16-22(26,18-8-10-19(23)11-9-18)25-15-5-3-4-14-24(21)25;/h6-13,26H,2-5,14-16H2,1H3;1H/q+1;/p-1. The van der Waals surface area contributed by atoms with Crippen molar-refractivity contribution in [1.29, 1.82) is 0 Å². The zero-order valence-corrected chi connectivity index (χ0v) is 19.2. The molecule has 4 rings (SSSR count). The van der Waals surface area contributed by atoms with E-state index in [0.717, 1.165) is 47.3 Å². The van der Waals surface area contributed by atoms with E-state index < -0.39 is 5.72 Å². The van der Waals surface area contributed by atoms with Crippen molar-refractivity contribution in [3.05, 3.63) is 64.1 Å². The van der Waals surface area contributed by atoms with Crippen molar-refractivity contribution in [3.8, 4) is 5.75 Å². The lowest BCUT2D eigenvalue weighted by Gasteiger charge is -2.30. The number of hydrazine groups is 1. The van der Waals surface area contributed by atoms with Gasteiger partial charge in [-0.3, -0.25) is 0 Å². The Balaban J connectivity index is 0.00000225. The molecule has 0 aliphatic carbocycles. The maximum absolute atomic E-state index is 11.8. The second kappa shape index (κ2) is 8.97. The normalized spacial score (nSPS) is 21.8. The summed E-state index contributed by atoms with van der Waals surface area (Å²) >= 11 is 3.50. The molecule has 0 radical (unpaired) electrons. The van der Waals surface area contributed by atoms with Gasteiger partial charge < -0.3 is 26.8 Å². The number of halogens is 2. The number of benzene rings is 2. The number of nitrogens with zero attached hydrogens (tertiary/aromatic N) is 2. The van der Waals surface area contributed by atoms with Gasteiger partial charge in [0.25, 0.3) is 0 Å². The molecule has 1 fully saturated rings. The highest BCUT2D eigenvalue weighted by atomic mass is 79.9. The Kier molecular flexibility index (Phi) is 6.84. The smallest absolute Gasteiger partial charge is 0.225 e. The summed E-state index contributed by atoms with van der Waals surface area (Å²) in [5.41, 5.74) is 2.28. The van der Waals surface area contributed by atoms with Crippen LogP contribution in [-0.2, 0) is 5.72 Å². The molecule has 0 saturated carbocycles. The summed E-state index contributed by atoms with van der Waals surface area (Å²) in [6, 6.07) is 16.3. The zero-order chi connectivity index (χ0) is 18.9. The predicted molar refractivity (Wildman–Crippen MR) is 110 cm³/mol. The Hall–Kier alpha value is -1.37. The molecule has 150 valence electrons. The van der Waals surface area contributed by atoms with Gasteiger partial charge in [0.2, 0.25) is 11.4 Å². The summed E-state index contributed by atoms with van der Waals surface area (Å²) in [5, 5.41) is 13.9. The van der Waals surface area contributed by atoms with E-state index >= 15 is 0 Å². The summed E-state index contributed by atoms with van der Waals surface area (Å²) in [4.78, 5) is 0. The minimum absolute atomic E-state index is 0. The fourth-order valence-electron chi connectivity index (χ4n) is 4.15. The quantitative estimate of drug-likeness (QED) is 0.631. The van der Waals surface area contributed by atoms with Crippen molar-refractivity contribution in [3.63, 3.8) is 0 Å². The molecule has 0 spiro atoms. The third-order valence-corrected chi connectivity index (χ3v) is 6.02. The molecule has 2 aliphatic heterocycles. The molecule has 0 amide bonds. The molecule has 0 bridgehead atoms. The average molecular weight is 510 g/mol. The molecule has 1 N–H and O–H groups in total. The van der Waals surface area contributed by atoms with E-state index in [1.54, 1.807) is 0 Å². The molecule has 2 aromatic carbocycles. The first-order valence-electron chi connectivity index (χ1n) is 9.74. The third-order valence-electron chi connectivity index (χ3n) is 5.49. The monoisotopic (exact) mass is 508 g/mol. The van der Waals surface area contributed by atoms with Crippen molar-refractivity contribution >= 4 is 21.6 Å². The first kappa shape index (κ1) is 21.3. The number of hydrogen-bond donors (Lipinski definition) is 1. The molecule has 1 saturated heterocycles. The zero-order valence-electron chi connectivity index (χ0n) is 16.1. The number of fused-ring (bicyclic) bond motifs is 1. The summed E-state index contributed by atoms with van der Waals surface area (Å²) in [6.07, 6.45) is 4.03. The first-order valence-corrected chi connectivity index (χ1v) is 10.5. The number of hydrazone groups is 1. The van der Waals surface area contributed by atoms with Crippen LogP contribution in [0.15, 0.2) is 53.0 Å². The Morgan fingerprint density at radius 2 is 1.79 bits per heavy atom. The maximum atomic E-state index is 11.8. The van der Waals surface area contributed by atoms with Crippen LogP contribution < -0.4 is 21.7 Å². The highest BCUT2D eigenvalue weighted by molar-refractivity contribution is 9.10. The molecule has 6 heteroatoms. The number of aliphatic hydroxyl groups is 1. The van der Waals surface area contributed by atoms with Gasteiger partial charge in [0.05, 0.1) is 19.6 Å². The van der Waals surface area contributed by atoms with Gasteiger partial charge in [-0.25, -0.2) is 0 Å². The number of ether oxygens (including phenoxy) is 1. The molecule has 28 heavy (non-hydrogen) atoms. The lowest BCUT2D eigenvalue weighted by Crippen LogP contribution is -3.00. The summed E-state index contributed by atoms with van der Waals surface area (Å²) in [6.45, 7) is 4.47. The second-order valence-corrected chi connectivity index (χ2v) is 8.13. The minimum Gasteiger partial charge on any atom is -1.00 e. The predicted octanol–water partition coefficient (Wildman–Crippen LogP) is 1.30. The van der Waals surface area contributed by atoms with Crippen LogP contribution in [0, 0.1) is 0 Å². The topological polar surface area (TPSA) is 35.7 Å². The van der Waals surface area contributed by atoms with E-state index in [1.807, 2.05) is 43.3 Å². The second-order valence-electron chi connectivity index (χ2n) is 7.21. The molecule has 1 unspecified atom stereocenters. The Labute approximate surface area is 185 Å². The maximum Gasteiger partial charge on any atom is 0.225 e. The third kappa shape index (κ3) is 4.00. The van der Waals surface area contributed by atoms with Gasteiger partial charge in [0.15, 0.2) is 6.54 Å². The van der Waals surface area contributed by atoms with E-state index in [-0.39, 0.29) is 17.0 Å². The van der Waals surface area contributed by atoms with Crippen molar-refractivity contribution in [2.24, 2.45) is 0 Å². The first-order chi connectivity index (χ1) is 13.1. The van der Waals surface area contributed by atoms with Crippen molar-refractivity contribution in [2.75, 3.05) is 19.7 Å². The molecular weight excluding hydrogens is 484 g/mol. The fourth-order valence-corrected chi connectivity index (χ4v) is 4.42. The summed E-state index contributed by atoms with van der Waals surface area (Å²) in [5.74, 6) is 0.885. The minimum atomic E-state index is -1.00. The molecule has 0 aromatic heterocycles. The number of hydrogen-bond acceptors (Lipinski definition) is 3. The van der Waals surface area contributed by atoms with E-state index in [9.17, 15) is 5.11 Å². The Bertz CT molecular complexity index is 837. The van der Waals surface area contributed by atoms with Crippen LogP contribution in [0.3, 0.4) is 0 Å². The van der Waals surface area contributed by atoms with Crippen LogP contribution in [0.4, 0.5) is 0 Å². The van der Waals surface area contributed by atoms with Gasteiger partial charge in [-0.2, -0.15) is 0 Å². The summed E-state index contributed by atoms with van der Waals surface area (Å²) in [7, 11) is 0. The van der Waals surface area contributed by atoms with E-state index in [2.05, 4.69) is 37.8 Å². The fraction of sp³-hybridized carbons (Fsp3) is 0.409. The van der Waals surface area contributed by atoms with E-state index in [1.165, 1.54) is 12.1 Å². The summed E-state index contributed by atoms with van der Waals surface area (Å²) < 4.78 is 8.92. The van der Waals surface area contributed by atoms with Crippen LogP contribution in [0.5, 0.6) is 5.75 Å². The lowest BCUT2D eigenvalue weighted by atomic mass is 9.94. The highest BCUT2D eigenvalue weighted by Crippen LogP contribution is 2.38. The molecule has 4 nitrogen and oxygen atoms in total. The van der Waals surface area contributed by atoms with Crippen molar-refractivity contribution in [1.82, 2.24) is 5.01 Å². The largest absolute Gasteiger partial charge is 1.00 e. The van der Waals surface area contributed by atoms with Gasteiger partial charge in [-0.1, -0.05) is 28.1 Å². The van der Waals surface area contributed by atoms with Crippen LogP contribution in [-0.4, -0.2) is 40.2 Å². The van der Waals surface area contributed by atoms with Gasteiger partial charge >= 0.3 is 0 Å². The van der Waals surface area contributed by atoms with Gasteiger partial charge in [0.1, 0.15) is 5.75 Å². The molecule has 2 heterocycles. The molecule has 1 atom stereocenters. The van der Waals surface area contributed by atoms with Crippen molar-refractivity contribution in [2.45, 2.75) is 38.3 Å². The van der Waals surface area contributed by atoms with Gasteiger partial charge in [-0.05, 0) is 56.2 Å². The van der Waals surface area contributed by atoms with E-state index in [4.69, 9.17) is 4.74 Å². The molecular formula is C22H26Br2N2O2. The molecule has 2 aliphatic rings. The highest BCUT2D eigenvalue weighted by Gasteiger charge is 2.52. The van der Waals surface area contributed by atoms with Crippen LogP contribution in [0.2, 0.25) is 0 Å². The Morgan fingerprint density at radius 3 is 2.46 bits per heavy atom. The molecule has 2 aromatic rings. The van der Waals surface area contributed by atoms with E-state index in [0.29, 0.717) is 13.0 Å². The number of rotatable bonds is 4. The van der Waals surface area contributed by atoms with Crippen LogP contribution in [0.25, 0.3) is 0 Å². The van der Waals surface area contributed by atoms with Gasteiger partial charge in [0, 0.05) is 22.0 Å². The Morgan fingerprint density at radius 1 is 1.07 bits per heavy atom. The van der Waals surface area contributed by atoms with Gasteiger partial charge in [-0.15, -0.1) is 9.69 Å². The SMILES string of the molecule is CCOc1ccc(C2=[N+]3CCCCCN3C(O)(c3ccc(Br)cc3)C2)cc1.[Br-]. The van der Waals surface area contributed by atoms with Crippen LogP contribution >= 0.6 is 15.9 Å². The van der Waals surface area contributed by atoms with Crippen molar-refractivity contribution < 1.29 is 31.5 Å². The lowest BCUT2D eigenvalue weighted by molar-refractivity contribution is -0.706. The average Bonchev–Trinajstić information content (AvgIpc) is 2.84.